The van der Waals surface area contributed by atoms with Gasteiger partial charge in [-0.05, 0) is 58.6 Å². The molecule has 5 rings (SSSR count). The Kier molecular flexibility index (Phi) is 6.47. The van der Waals surface area contributed by atoms with Gasteiger partial charge in [-0.3, -0.25) is 4.79 Å². The summed E-state index contributed by atoms with van der Waals surface area (Å²) in [6.45, 7) is 15.5. The van der Waals surface area contributed by atoms with Crippen LogP contribution in [-0.4, -0.2) is 71.4 Å². The van der Waals surface area contributed by atoms with Crippen LogP contribution in [0, 0.1) is 0 Å². The van der Waals surface area contributed by atoms with Gasteiger partial charge in [-0.2, -0.15) is 4.98 Å². The molecule has 0 spiro atoms. The molecule has 36 heavy (non-hydrogen) atoms. The standard InChI is InChI=1S/C26H36BN5O4/c1-7-17(2)32-16-20-21(23(32)33)29-24(31-12-14-34-15-13-31)30-22(20)28-19-10-8-18(9-11-19)27-35-25(3,4)26(5,6)36-27/h8-11,17H,7,12-16H2,1-6H3,(H,28,29,30). The third-order valence-corrected chi connectivity index (χ3v) is 7.90. The number of hydrogen-bond donors (Lipinski definition) is 1. The molecule has 1 atom stereocenters. The highest BCUT2D eigenvalue weighted by molar-refractivity contribution is 6.62. The zero-order chi connectivity index (χ0) is 25.7. The third kappa shape index (κ3) is 4.46. The van der Waals surface area contributed by atoms with E-state index in [9.17, 15) is 4.79 Å². The number of carbonyl (C=O) groups is 1. The van der Waals surface area contributed by atoms with Gasteiger partial charge in [-0.25, -0.2) is 4.98 Å². The lowest BCUT2D eigenvalue weighted by molar-refractivity contribution is 0.00578. The van der Waals surface area contributed by atoms with Crippen molar-refractivity contribution in [3.05, 3.63) is 35.5 Å². The van der Waals surface area contributed by atoms with E-state index in [0.29, 0.717) is 50.3 Å². The molecule has 192 valence electrons. The zero-order valence-corrected chi connectivity index (χ0v) is 22.1. The van der Waals surface area contributed by atoms with Crippen LogP contribution in [0.1, 0.15) is 64.0 Å². The monoisotopic (exact) mass is 493 g/mol. The van der Waals surface area contributed by atoms with Crippen LogP contribution in [-0.2, 0) is 20.6 Å². The maximum Gasteiger partial charge on any atom is 0.494 e. The van der Waals surface area contributed by atoms with Crippen molar-refractivity contribution in [1.29, 1.82) is 0 Å². The van der Waals surface area contributed by atoms with E-state index in [0.717, 1.165) is 23.1 Å². The van der Waals surface area contributed by atoms with Crippen molar-refractivity contribution in [2.75, 3.05) is 36.5 Å². The normalized spacial score (nSPS) is 21.6. The predicted molar refractivity (Wildman–Crippen MR) is 140 cm³/mol. The second-order valence-corrected chi connectivity index (χ2v) is 10.8. The SMILES string of the molecule is CCC(C)N1Cc2c(Nc3ccc(B4OC(C)(C)C(C)(C)O4)cc3)nc(N3CCOCC3)nc2C1=O. The Morgan fingerprint density at radius 3 is 2.31 bits per heavy atom. The van der Waals surface area contributed by atoms with Crippen LogP contribution >= 0.6 is 0 Å². The molecule has 0 bridgehead atoms. The van der Waals surface area contributed by atoms with E-state index in [1.165, 1.54) is 0 Å². The van der Waals surface area contributed by atoms with E-state index >= 15 is 0 Å². The summed E-state index contributed by atoms with van der Waals surface area (Å²) in [5, 5.41) is 3.46. The van der Waals surface area contributed by atoms with E-state index < -0.39 is 7.12 Å². The lowest BCUT2D eigenvalue weighted by Crippen LogP contribution is -2.41. The van der Waals surface area contributed by atoms with Crippen molar-refractivity contribution >= 4 is 35.9 Å². The molecular weight excluding hydrogens is 457 g/mol. The highest BCUT2D eigenvalue weighted by Gasteiger charge is 2.51. The molecule has 1 aromatic heterocycles. The fourth-order valence-electron chi connectivity index (χ4n) is 4.60. The number of nitrogens with zero attached hydrogens (tertiary/aromatic N) is 4. The first-order valence-electron chi connectivity index (χ1n) is 12.9. The summed E-state index contributed by atoms with van der Waals surface area (Å²) in [5.41, 5.74) is 2.38. The average molecular weight is 493 g/mol. The molecule has 1 unspecified atom stereocenters. The summed E-state index contributed by atoms with van der Waals surface area (Å²) in [6, 6.07) is 8.13. The van der Waals surface area contributed by atoms with Crippen LogP contribution in [0.5, 0.6) is 0 Å². The van der Waals surface area contributed by atoms with E-state index in [4.69, 9.17) is 24.0 Å². The highest BCUT2D eigenvalue weighted by Crippen LogP contribution is 2.37. The van der Waals surface area contributed by atoms with Crippen molar-refractivity contribution < 1.29 is 18.8 Å². The highest BCUT2D eigenvalue weighted by atomic mass is 16.7. The molecule has 4 heterocycles. The molecule has 10 heteroatoms. The maximum absolute atomic E-state index is 13.3. The molecule has 0 saturated carbocycles. The topological polar surface area (TPSA) is 89.1 Å². The lowest BCUT2D eigenvalue weighted by atomic mass is 9.79. The number of benzene rings is 1. The van der Waals surface area contributed by atoms with Crippen LogP contribution < -0.4 is 15.7 Å². The number of amides is 1. The van der Waals surface area contributed by atoms with Crippen molar-refractivity contribution in [3.63, 3.8) is 0 Å². The molecule has 3 aliphatic rings. The first kappa shape index (κ1) is 25.0. The van der Waals surface area contributed by atoms with E-state index in [-0.39, 0.29) is 23.2 Å². The van der Waals surface area contributed by atoms with Crippen LogP contribution in [0.25, 0.3) is 0 Å². The van der Waals surface area contributed by atoms with Crippen LogP contribution in [0.3, 0.4) is 0 Å². The fraction of sp³-hybridized carbons (Fsp3) is 0.577. The molecule has 0 aliphatic carbocycles. The minimum atomic E-state index is -0.415. The van der Waals surface area contributed by atoms with Crippen LogP contribution in [0.15, 0.2) is 24.3 Å². The number of aromatic nitrogens is 2. The van der Waals surface area contributed by atoms with Gasteiger partial charge in [-0.1, -0.05) is 19.1 Å². The van der Waals surface area contributed by atoms with Crippen molar-refractivity contribution in [3.8, 4) is 0 Å². The van der Waals surface area contributed by atoms with Gasteiger partial charge in [0.05, 0.1) is 31.0 Å². The van der Waals surface area contributed by atoms with Gasteiger partial charge in [0.1, 0.15) is 11.5 Å². The molecule has 1 aromatic carbocycles. The Hall–Kier alpha value is -2.69. The van der Waals surface area contributed by atoms with Crippen molar-refractivity contribution in [2.24, 2.45) is 0 Å². The average Bonchev–Trinajstić information content (AvgIpc) is 3.31. The molecular formula is C26H36BN5O4. The minimum absolute atomic E-state index is 0.0320. The number of ether oxygens (including phenoxy) is 1. The number of hydrogen-bond acceptors (Lipinski definition) is 8. The Morgan fingerprint density at radius 2 is 1.69 bits per heavy atom. The van der Waals surface area contributed by atoms with Crippen molar-refractivity contribution in [1.82, 2.24) is 14.9 Å². The Labute approximate surface area is 213 Å². The molecule has 9 nitrogen and oxygen atoms in total. The number of carbonyl (C=O) groups excluding carboxylic acids is 1. The number of fused-ring (bicyclic) bond motifs is 1. The van der Waals surface area contributed by atoms with Gasteiger partial charge < -0.3 is 29.2 Å². The summed E-state index contributed by atoms with van der Waals surface area (Å²) in [6.07, 6.45) is 0.882. The summed E-state index contributed by atoms with van der Waals surface area (Å²) in [5.74, 6) is 1.20. The Bertz CT molecular complexity index is 1120. The summed E-state index contributed by atoms with van der Waals surface area (Å²) < 4.78 is 17.9. The molecule has 1 amide bonds. The van der Waals surface area contributed by atoms with Crippen molar-refractivity contribution in [2.45, 2.75) is 71.8 Å². The zero-order valence-electron chi connectivity index (χ0n) is 22.1. The van der Waals surface area contributed by atoms with E-state index in [2.05, 4.69) is 51.8 Å². The molecule has 3 aliphatic heterocycles. The van der Waals surface area contributed by atoms with E-state index in [1.54, 1.807) is 0 Å². The van der Waals surface area contributed by atoms with E-state index in [1.807, 2.05) is 29.2 Å². The first-order valence-corrected chi connectivity index (χ1v) is 12.9. The Balaban J connectivity index is 1.42. The van der Waals surface area contributed by atoms with Crippen LogP contribution in [0.4, 0.5) is 17.5 Å². The van der Waals surface area contributed by atoms with Gasteiger partial charge in [0.2, 0.25) is 5.95 Å². The first-order chi connectivity index (χ1) is 17.1. The minimum Gasteiger partial charge on any atom is -0.399 e. The molecule has 1 N–H and O–H groups in total. The summed E-state index contributed by atoms with van der Waals surface area (Å²) in [7, 11) is -0.415. The molecule has 2 saturated heterocycles. The molecule has 0 radical (unpaired) electrons. The number of anilines is 3. The molecule has 2 aromatic rings. The molecule has 2 fully saturated rings. The van der Waals surface area contributed by atoms with Gasteiger partial charge in [-0.15, -0.1) is 0 Å². The Morgan fingerprint density at radius 1 is 1.06 bits per heavy atom. The van der Waals surface area contributed by atoms with Gasteiger partial charge >= 0.3 is 7.12 Å². The van der Waals surface area contributed by atoms with Gasteiger partial charge in [0.15, 0.2) is 0 Å². The number of rotatable bonds is 6. The lowest BCUT2D eigenvalue weighted by Gasteiger charge is -2.32. The fourth-order valence-corrected chi connectivity index (χ4v) is 4.60. The van der Waals surface area contributed by atoms with Gasteiger partial charge in [0.25, 0.3) is 5.91 Å². The summed E-state index contributed by atoms with van der Waals surface area (Å²) in [4.78, 5) is 26.8. The predicted octanol–water partition coefficient (Wildman–Crippen LogP) is 3.11. The number of morpholine rings is 1. The second-order valence-electron chi connectivity index (χ2n) is 10.8. The van der Waals surface area contributed by atoms with Gasteiger partial charge in [0, 0.05) is 30.4 Å². The number of nitrogens with one attached hydrogen (secondary N) is 1. The van der Waals surface area contributed by atoms with Crippen LogP contribution in [0.2, 0.25) is 0 Å². The maximum atomic E-state index is 13.3. The largest absolute Gasteiger partial charge is 0.494 e. The second kappa shape index (κ2) is 9.32. The quantitative estimate of drug-likeness (QED) is 0.615. The third-order valence-electron chi connectivity index (χ3n) is 7.90. The summed E-state index contributed by atoms with van der Waals surface area (Å²) >= 11 is 0. The smallest absolute Gasteiger partial charge is 0.399 e.